The first-order valence-electron chi connectivity index (χ1n) is 5.17. The van der Waals surface area contributed by atoms with Gasteiger partial charge < -0.3 is 14.8 Å². The first-order chi connectivity index (χ1) is 8.14. The Morgan fingerprint density at radius 1 is 1.18 bits per heavy atom. The molecule has 1 aromatic rings. The van der Waals surface area contributed by atoms with Crippen molar-refractivity contribution in [1.29, 1.82) is 0 Å². The van der Waals surface area contributed by atoms with Gasteiger partial charge in [0.15, 0.2) is 0 Å². The zero-order valence-electron chi connectivity index (χ0n) is 9.65. The van der Waals surface area contributed by atoms with E-state index in [9.17, 15) is 9.59 Å². The van der Waals surface area contributed by atoms with Crippen molar-refractivity contribution in [3.05, 3.63) is 29.8 Å². The van der Waals surface area contributed by atoms with E-state index in [4.69, 9.17) is 0 Å². The lowest BCUT2D eigenvalue weighted by molar-refractivity contribution is -0.159. The average molecular weight is 235 g/mol. The quantitative estimate of drug-likeness (QED) is 0.605. The van der Waals surface area contributed by atoms with Crippen LogP contribution in [0.3, 0.4) is 0 Å². The summed E-state index contributed by atoms with van der Waals surface area (Å²) < 4.78 is 9.38. The summed E-state index contributed by atoms with van der Waals surface area (Å²) in [5, 5.41) is 2.90. The van der Waals surface area contributed by atoms with Crippen molar-refractivity contribution in [3.8, 4) is 0 Å². The van der Waals surface area contributed by atoms with E-state index in [0.29, 0.717) is 0 Å². The molecule has 1 heterocycles. The van der Waals surface area contributed by atoms with Crippen molar-refractivity contribution in [2.24, 2.45) is 0 Å². The molecule has 0 bridgehead atoms. The molecule has 5 nitrogen and oxygen atoms in total. The molecule has 0 saturated heterocycles. The smallest absolute Gasteiger partial charge is 0.343 e. The molecule has 1 N–H and O–H groups in total. The van der Waals surface area contributed by atoms with Crippen LogP contribution in [0, 0.1) is 0 Å². The summed E-state index contributed by atoms with van der Waals surface area (Å²) in [6, 6.07) is 7.35. The number of hydrogen-bond donors (Lipinski definition) is 1. The number of esters is 2. The van der Waals surface area contributed by atoms with Crippen LogP contribution < -0.4 is 5.32 Å². The number of anilines is 1. The number of fused-ring (bicyclic) bond motifs is 1. The molecule has 0 spiro atoms. The van der Waals surface area contributed by atoms with E-state index in [0.717, 1.165) is 11.3 Å². The maximum absolute atomic E-state index is 11.8. The second-order valence-corrected chi connectivity index (χ2v) is 3.85. The number of rotatable bonds is 2. The molecule has 0 atom stereocenters. The number of carbonyl (C=O) groups is 2. The number of carbonyl (C=O) groups excluding carboxylic acids is 2. The third-order valence-corrected chi connectivity index (χ3v) is 2.89. The largest absolute Gasteiger partial charge is 0.467 e. The van der Waals surface area contributed by atoms with Gasteiger partial charge in [0.2, 0.25) is 5.54 Å². The zero-order valence-corrected chi connectivity index (χ0v) is 9.65. The van der Waals surface area contributed by atoms with Gasteiger partial charge in [0.25, 0.3) is 0 Å². The summed E-state index contributed by atoms with van der Waals surface area (Å²) in [6.07, 6.45) is 0.239. The Morgan fingerprint density at radius 2 is 1.76 bits per heavy atom. The molecule has 5 heteroatoms. The fourth-order valence-electron chi connectivity index (χ4n) is 2.03. The van der Waals surface area contributed by atoms with Gasteiger partial charge in [-0.1, -0.05) is 18.2 Å². The molecule has 0 radical (unpaired) electrons. The standard InChI is InChI=1S/C12H13NO4/c1-16-10(14)12(11(15)17-2)7-8-5-3-4-6-9(8)13-12/h3-6,13H,7H2,1-2H3. The fraction of sp³-hybridized carbons (Fsp3) is 0.333. The van der Waals surface area contributed by atoms with Crippen LogP contribution in [0.25, 0.3) is 0 Å². The Balaban J connectivity index is 2.41. The molecule has 2 rings (SSSR count). The van der Waals surface area contributed by atoms with E-state index in [-0.39, 0.29) is 6.42 Å². The average Bonchev–Trinajstić information content (AvgIpc) is 2.77. The lowest BCUT2D eigenvalue weighted by Gasteiger charge is -2.23. The van der Waals surface area contributed by atoms with E-state index in [1.54, 1.807) is 0 Å². The van der Waals surface area contributed by atoms with Crippen LogP contribution in [0.5, 0.6) is 0 Å². The minimum Gasteiger partial charge on any atom is -0.467 e. The predicted molar refractivity (Wildman–Crippen MR) is 60.5 cm³/mol. The Labute approximate surface area is 98.7 Å². The van der Waals surface area contributed by atoms with E-state index < -0.39 is 17.5 Å². The minimum atomic E-state index is -1.45. The van der Waals surface area contributed by atoms with Gasteiger partial charge in [-0.2, -0.15) is 0 Å². The van der Waals surface area contributed by atoms with Gasteiger partial charge in [0.05, 0.1) is 14.2 Å². The van der Waals surface area contributed by atoms with Crippen LogP contribution in [0.1, 0.15) is 5.56 Å². The molecule has 0 aliphatic carbocycles. The van der Waals surface area contributed by atoms with Crippen LogP contribution in [-0.2, 0) is 25.5 Å². The highest BCUT2D eigenvalue weighted by Crippen LogP contribution is 2.33. The van der Waals surface area contributed by atoms with Gasteiger partial charge in [0.1, 0.15) is 0 Å². The molecule has 1 aromatic carbocycles. The predicted octanol–water partition coefficient (Wildman–Crippen LogP) is 0.739. The molecular weight excluding hydrogens is 222 g/mol. The number of ether oxygens (including phenoxy) is 2. The SMILES string of the molecule is COC(=O)C1(C(=O)OC)Cc2ccccc2N1. The summed E-state index contributed by atoms with van der Waals surface area (Å²) in [5.41, 5.74) is 0.194. The van der Waals surface area contributed by atoms with Crippen molar-refractivity contribution in [1.82, 2.24) is 0 Å². The van der Waals surface area contributed by atoms with Gasteiger partial charge in [-0.3, -0.25) is 0 Å². The lowest BCUT2D eigenvalue weighted by atomic mass is 9.95. The van der Waals surface area contributed by atoms with Crippen molar-refractivity contribution in [3.63, 3.8) is 0 Å². The van der Waals surface area contributed by atoms with E-state index in [2.05, 4.69) is 14.8 Å². The highest BCUT2D eigenvalue weighted by atomic mass is 16.5. The molecule has 0 fully saturated rings. The lowest BCUT2D eigenvalue weighted by Crippen LogP contribution is -2.53. The Bertz CT molecular complexity index is 426. The number of para-hydroxylation sites is 1. The second kappa shape index (κ2) is 4.08. The highest BCUT2D eigenvalue weighted by molar-refractivity contribution is 6.09. The number of methoxy groups -OCH3 is 2. The van der Waals surface area contributed by atoms with Crippen LogP contribution in [0.15, 0.2) is 24.3 Å². The summed E-state index contributed by atoms with van der Waals surface area (Å²) >= 11 is 0. The topological polar surface area (TPSA) is 64.6 Å². The van der Waals surface area contributed by atoms with Crippen LogP contribution in [-0.4, -0.2) is 31.7 Å². The minimum absolute atomic E-state index is 0.239. The Hall–Kier alpha value is -2.04. The van der Waals surface area contributed by atoms with Crippen LogP contribution >= 0.6 is 0 Å². The first-order valence-corrected chi connectivity index (χ1v) is 5.17. The van der Waals surface area contributed by atoms with Gasteiger partial charge in [-0.25, -0.2) is 9.59 Å². The summed E-state index contributed by atoms with van der Waals surface area (Å²) in [7, 11) is 2.50. The number of hydrogen-bond acceptors (Lipinski definition) is 5. The summed E-state index contributed by atoms with van der Waals surface area (Å²) in [4.78, 5) is 23.6. The molecule has 0 saturated carbocycles. The van der Waals surface area contributed by atoms with Gasteiger partial charge in [0, 0.05) is 12.1 Å². The Morgan fingerprint density at radius 3 is 2.29 bits per heavy atom. The van der Waals surface area contributed by atoms with E-state index in [1.165, 1.54) is 14.2 Å². The third kappa shape index (κ3) is 1.63. The third-order valence-electron chi connectivity index (χ3n) is 2.89. The highest BCUT2D eigenvalue weighted by Gasteiger charge is 2.52. The van der Waals surface area contributed by atoms with Crippen molar-refractivity contribution < 1.29 is 19.1 Å². The number of nitrogens with one attached hydrogen (secondary N) is 1. The van der Waals surface area contributed by atoms with Gasteiger partial charge in [-0.15, -0.1) is 0 Å². The van der Waals surface area contributed by atoms with E-state index in [1.807, 2.05) is 24.3 Å². The first kappa shape index (κ1) is 11.4. The van der Waals surface area contributed by atoms with Gasteiger partial charge >= 0.3 is 11.9 Å². The second-order valence-electron chi connectivity index (χ2n) is 3.85. The monoisotopic (exact) mass is 235 g/mol. The van der Waals surface area contributed by atoms with Crippen LogP contribution in [0.2, 0.25) is 0 Å². The van der Waals surface area contributed by atoms with Crippen LogP contribution in [0.4, 0.5) is 5.69 Å². The molecule has 0 amide bonds. The van der Waals surface area contributed by atoms with Crippen molar-refractivity contribution >= 4 is 17.6 Å². The molecule has 0 unspecified atom stereocenters. The normalized spacial score (nSPS) is 15.6. The summed E-state index contributed by atoms with van der Waals surface area (Å²) in [5.74, 6) is -1.28. The summed E-state index contributed by atoms with van der Waals surface area (Å²) in [6.45, 7) is 0. The molecule has 1 aliphatic rings. The van der Waals surface area contributed by atoms with E-state index >= 15 is 0 Å². The maximum Gasteiger partial charge on any atom is 0.343 e. The Kier molecular flexibility index (Phi) is 2.75. The zero-order chi connectivity index (χ0) is 12.5. The molecule has 1 aliphatic heterocycles. The number of benzene rings is 1. The fourth-order valence-corrected chi connectivity index (χ4v) is 2.03. The van der Waals surface area contributed by atoms with Crippen molar-refractivity contribution in [2.75, 3.05) is 19.5 Å². The molecule has 90 valence electrons. The molecular formula is C12H13NO4. The molecule has 0 aromatic heterocycles. The van der Waals surface area contributed by atoms with Gasteiger partial charge in [-0.05, 0) is 11.6 Å². The molecule has 17 heavy (non-hydrogen) atoms. The maximum atomic E-state index is 11.8. The van der Waals surface area contributed by atoms with Crippen molar-refractivity contribution in [2.45, 2.75) is 12.0 Å².